The second kappa shape index (κ2) is 8.68. The highest BCUT2D eigenvalue weighted by Gasteiger charge is 2.08. The van der Waals surface area contributed by atoms with E-state index >= 15 is 0 Å². The zero-order valence-corrected chi connectivity index (χ0v) is 12.9. The third kappa shape index (κ3) is 5.51. The van der Waals surface area contributed by atoms with Gasteiger partial charge in [-0.25, -0.2) is 0 Å². The molecule has 0 atom stereocenters. The smallest absolute Gasteiger partial charge is 0.142 e. The topological polar surface area (TPSA) is 21.3 Å². The minimum Gasteiger partial charge on any atom is -0.491 e. The largest absolute Gasteiger partial charge is 0.491 e. The van der Waals surface area contributed by atoms with E-state index in [9.17, 15) is 0 Å². The summed E-state index contributed by atoms with van der Waals surface area (Å²) in [7, 11) is 0. The molecule has 1 rings (SSSR count). The van der Waals surface area contributed by atoms with Gasteiger partial charge in [-0.2, -0.15) is 11.8 Å². The predicted octanol–water partition coefficient (Wildman–Crippen LogP) is 3.97. The van der Waals surface area contributed by atoms with E-state index in [1.807, 2.05) is 23.9 Å². The van der Waals surface area contributed by atoms with Gasteiger partial charge in [-0.05, 0) is 11.8 Å². The van der Waals surface area contributed by atoms with Crippen molar-refractivity contribution in [1.82, 2.24) is 5.32 Å². The minimum absolute atomic E-state index is 0.451. The molecule has 0 aliphatic carbocycles. The number of thioether (sulfide) groups is 1. The Hall–Kier alpha value is -0.380. The van der Waals surface area contributed by atoms with Crippen LogP contribution in [0.3, 0.4) is 0 Å². The summed E-state index contributed by atoms with van der Waals surface area (Å²) in [6, 6.07) is 6.35. The summed E-state index contributed by atoms with van der Waals surface area (Å²) in [4.78, 5) is 0. The normalized spacial score (nSPS) is 10.9. The predicted molar refractivity (Wildman–Crippen MR) is 81.9 cm³/mol. The quantitative estimate of drug-likeness (QED) is 0.731. The number of para-hydroxylation sites is 1. The molecule has 4 heteroatoms. The molecule has 0 spiro atoms. The van der Waals surface area contributed by atoms with Crippen LogP contribution in [0.1, 0.15) is 26.3 Å². The summed E-state index contributed by atoms with van der Waals surface area (Å²) in [5.41, 5.74) is 1.12. The van der Waals surface area contributed by atoms with Crippen molar-refractivity contribution in [2.24, 2.45) is 0 Å². The molecule has 0 bridgehead atoms. The summed E-state index contributed by atoms with van der Waals surface area (Å²) >= 11 is 8.07. The van der Waals surface area contributed by atoms with Crippen LogP contribution in [0.25, 0.3) is 0 Å². The van der Waals surface area contributed by atoms with Crippen LogP contribution in [0.4, 0.5) is 0 Å². The Bertz CT molecular complexity index is 358. The first-order valence-electron chi connectivity index (χ1n) is 6.36. The average Bonchev–Trinajstić information content (AvgIpc) is 2.34. The van der Waals surface area contributed by atoms with Crippen molar-refractivity contribution in [3.05, 3.63) is 28.8 Å². The van der Waals surface area contributed by atoms with Crippen molar-refractivity contribution in [1.29, 1.82) is 0 Å². The van der Waals surface area contributed by atoms with Gasteiger partial charge in [-0.3, -0.25) is 0 Å². The molecule has 0 heterocycles. The van der Waals surface area contributed by atoms with E-state index in [2.05, 4.69) is 32.2 Å². The summed E-state index contributed by atoms with van der Waals surface area (Å²) < 4.78 is 5.81. The van der Waals surface area contributed by atoms with Crippen molar-refractivity contribution in [3.63, 3.8) is 0 Å². The summed E-state index contributed by atoms with van der Waals surface area (Å²) in [5.74, 6) is 2.94. The van der Waals surface area contributed by atoms with E-state index in [4.69, 9.17) is 16.3 Å². The fourth-order valence-electron chi connectivity index (χ4n) is 1.52. The molecule has 0 fully saturated rings. The molecular formula is C14H22ClNOS. The van der Waals surface area contributed by atoms with Gasteiger partial charge in [-0.1, -0.05) is 44.5 Å². The van der Waals surface area contributed by atoms with Crippen molar-refractivity contribution < 1.29 is 4.74 Å². The first kappa shape index (κ1) is 15.7. The van der Waals surface area contributed by atoms with E-state index in [1.165, 1.54) is 0 Å². The number of halogens is 1. The van der Waals surface area contributed by atoms with Crippen LogP contribution in [0, 0.1) is 0 Å². The van der Waals surface area contributed by atoms with Crippen molar-refractivity contribution in [2.75, 3.05) is 18.1 Å². The molecule has 1 N–H and O–H groups in total. The molecule has 1 aromatic carbocycles. The molecular weight excluding hydrogens is 266 g/mol. The van der Waals surface area contributed by atoms with Gasteiger partial charge in [0.05, 0.1) is 11.6 Å². The number of hydrogen-bond acceptors (Lipinski definition) is 3. The zero-order chi connectivity index (χ0) is 13.4. The molecule has 0 aromatic heterocycles. The lowest BCUT2D eigenvalue weighted by Crippen LogP contribution is -2.22. The van der Waals surface area contributed by atoms with Gasteiger partial charge in [0.15, 0.2) is 0 Å². The minimum atomic E-state index is 0.451. The fraction of sp³-hybridized carbons (Fsp3) is 0.571. The van der Waals surface area contributed by atoms with E-state index in [1.54, 1.807) is 0 Å². The van der Waals surface area contributed by atoms with Crippen molar-refractivity contribution >= 4 is 23.4 Å². The van der Waals surface area contributed by atoms with Gasteiger partial charge in [0.25, 0.3) is 0 Å². The highest BCUT2D eigenvalue weighted by atomic mass is 35.5. The maximum Gasteiger partial charge on any atom is 0.142 e. The number of benzene rings is 1. The molecule has 0 aliphatic rings. The van der Waals surface area contributed by atoms with E-state index < -0.39 is 0 Å². The first-order chi connectivity index (χ1) is 8.65. The number of hydrogen-bond donors (Lipinski definition) is 1. The van der Waals surface area contributed by atoms with Crippen molar-refractivity contribution in [2.45, 2.75) is 33.4 Å². The monoisotopic (exact) mass is 287 g/mol. The molecule has 2 nitrogen and oxygen atoms in total. The van der Waals surface area contributed by atoms with Crippen LogP contribution in [-0.4, -0.2) is 24.2 Å². The first-order valence-corrected chi connectivity index (χ1v) is 7.89. The van der Waals surface area contributed by atoms with Gasteiger partial charge < -0.3 is 10.1 Å². The molecule has 0 saturated carbocycles. The molecule has 0 aliphatic heterocycles. The molecule has 1 aromatic rings. The van der Waals surface area contributed by atoms with Crippen LogP contribution >= 0.6 is 23.4 Å². The Kier molecular flexibility index (Phi) is 7.56. The average molecular weight is 288 g/mol. The summed E-state index contributed by atoms with van der Waals surface area (Å²) in [6.07, 6.45) is 0. The van der Waals surface area contributed by atoms with Crippen LogP contribution in [0.2, 0.25) is 5.02 Å². The van der Waals surface area contributed by atoms with E-state index in [0.29, 0.717) is 17.7 Å². The number of ether oxygens (including phenoxy) is 1. The molecule has 0 radical (unpaired) electrons. The van der Waals surface area contributed by atoms with Gasteiger partial charge in [-0.15, -0.1) is 0 Å². The standard InChI is InChI=1S/C14H22ClNOS/c1-4-18-9-8-17-14-12(10-16-11(2)3)6-5-7-13(14)15/h5-7,11,16H,4,8-10H2,1-3H3. The molecule has 0 amide bonds. The Labute approximate surface area is 119 Å². The third-order valence-corrected chi connectivity index (χ3v) is 3.59. The maximum atomic E-state index is 6.20. The zero-order valence-electron chi connectivity index (χ0n) is 11.3. The van der Waals surface area contributed by atoms with Crippen LogP contribution in [0.15, 0.2) is 18.2 Å². The van der Waals surface area contributed by atoms with Crippen LogP contribution in [-0.2, 0) is 6.54 Å². The van der Waals surface area contributed by atoms with E-state index in [0.717, 1.165) is 29.4 Å². The lowest BCUT2D eigenvalue weighted by molar-refractivity contribution is 0.339. The highest BCUT2D eigenvalue weighted by molar-refractivity contribution is 7.99. The Morgan fingerprint density at radius 2 is 2.17 bits per heavy atom. The fourth-order valence-corrected chi connectivity index (χ4v) is 2.25. The lowest BCUT2D eigenvalue weighted by atomic mass is 10.2. The van der Waals surface area contributed by atoms with Gasteiger partial charge in [0.1, 0.15) is 5.75 Å². The third-order valence-electron chi connectivity index (χ3n) is 2.43. The summed E-state index contributed by atoms with van der Waals surface area (Å²) in [5, 5.41) is 4.08. The number of nitrogens with one attached hydrogen (secondary N) is 1. The lowest BCUT2D eigenvalue weighted by Gasteiger charge is -2.15. The van der Waals surface area contributed by atoms with Gasteiger partial charge >= 0.3 is 0 Å². The number of rotatable bonds is 8. The molecule has 18 heavy (non-hydrogen) atoms. The Balaban J connectivity index is 2.62. The van der Waals surface area contributed by atoms with E-state index in [-0.39, 0.29) is 0 Å². The maximum absolute atomic E-state index is 6.20. The Morgan fingerprint density at radius 1 is 1.39 bits per heavy atom. The SMILES string of the molecule is CCSCCOc1c(Cl)cccc1CNC(C)C. The molecule has 0 unspecified atom stereocenters. The van der Waals surface area contributed by atoms with Crippen LogP contribution < -0.4 is 10.1 Å². The summed E-state index contributed by atoms with van der Waals surface area (Å²) in [6.45, 7) is 7.90. The second-order valence-corrected chi connectivity index (χ2v) is 6.11. The highest BCUT2D eigenvalue weighted by Crippen LogP contribution is 2.28. The second-order valence-electron chi connectivity index (χ2n) is 4.31. The Morgan fingerprint density at radius 3 is 2.83 bits per heavy atom. The molecule has 102 valence electrons. The van der Waals surface area contributed by atoms with Crippen molar-refractivity contribution in [3.8, 4) is 5.75 Å². The molecule has 0 saturated heterocycles. The van der Waals surface area contributed by atoms with Gasteiger partial charge in [0.2, 0.25) is 0 Å². The van der Waals surface area contributed by atoms with Gasteiger partial charge in [0, 0.05) is 23.9 Å². The van der Waals surface area contributed by atoms with Crippen LogP contribution in [0.5, 0.6) is 5.75 Å².